The van der Waals surface area contributed by atoms with E-state index in [1.165, 1.54) is 18.4 Å². The van der Waals surface area contributed by atoms with E-state index in [0.717, 1.165) is 10.9 Å². The molecule has 0 amide bonds. The summed E-state index contributed by atoms with van der Waals surface area (Å²) < 4.78 is 6.71. The van der Waals surface area contributed by atoms with Crippen molar-refractivity contribution in [3.8, 4) is 0 Å². The maximum atomic E-state index is 5.67. The summed E-state index contributed by atoms with van der Waals surface area (Å²) in [4.78, 5) is 0. The number of nitrogens with two attached hydrogens (primary N) is 1. The second-order valence-electron chi connectivity index (χ2n) is 4.61. The maximum absolute atomic E-state index is 5.67. The molecule has 1 fully saturated rings. The molecule has 1 saturated carbocycles. The normalized spacial score (nSPS) is 19.0. The van der Waals surface area contributed by atoms with E-state index in [2.05, 4.69) is 33.5 Å². The Morgan fingerprint density at radius 3 is 2.71 bits per heavy atom. The zero-order chi connectivity index (χ0) is 12.3. The van der Waals surface area contributed by atoms with Gasteiger partial charge in [0.15, 0.2) is 0 Å². The van der Waals surface area contributed by atoms with Crippen LogP contribution in [0.1, 0.15) is 18.4 Å². The highest BCUT2D eigenvalue weighted by atomic mass is 79.9. The zero-order valence-electron chi connectivity index (χ0n) is 10.0. The molecular weight excluding hydrogens is 280 g/mol. The molecule has 0 aliphatic heterocycles. The van der Waals surface area contributed by atoms with Gasteiger partial charge in [-0.05, 0) is 36.8 Å². The van der Waals surface area contributed by atoms with Crippen molar-refractivity contribution in [3.63, 3.8) is 0 Å². The third-order valence-corrected chi connectivity index (χ3v) is 4.14. The average molecular weight is 299 g/mol. The lowest BCUT2D eigenvalue weighted by molar-refractivity contribution is 0.0510. The quantitative estimate of drug-likeness (QED) is 0.625. The summed E-state index contributed by atoms with van der Waals surface area (Å²) in [6, 6.07) is 8.42. The molecule has 0 saturated heterocycles. The van der Waals surface area contributed by atoms with Crippen molar-refractivity contribution in [2.45, 2.75) is 31.4 Å². The summed E-state index contributed by atoms with van der Waals surface area (Å²) in [7, 11) is 1.77. The van der Waals surface area contributed by atoms with Gasteiger partial charge >= 0.3 is 0 Å². The fourth-order valence-electron chi connectivity index (χ4n) is 2.28. The van der Waals surface area contributed by atoms with Crippen molar-refractivity contribution in [3.05, 3.63) is 34.3 Å². The topological polar surface area (TPSA) is 47.3 Å². The van der Waals surface area contributed by atoms with Crippen molar-refractivity contribution in [1.82, 2.24) is 5.43 Å². The van der Waals surface area contributed by atoms with Crippen LogP contribution in [0.4, 0.5) is 0 Å². The van der Waals surface area contributed by atoms with Gasteiger partial charge in [-0.25, -0.2) is 0 Å². The molecule has 3 N–H and O–H groups in total. The van der Waals surface area contributed by atoms with Crippen molar-refractivity contribution in [2.75, 3.05) is 7.11 Å². The molecule has 2 atom stereocenters. The SMILES string of the molecule is COC(C1CC1)C(Cc1ccccc1Br)NN. The van der Waals surface area contributed by atoms with Crippen LogP contribution in [0, 0.1) is 5.92 Å². The molecule has 0 heterocycles. The minimum atomic E-state index is 0.172. The summed E-state index contributed by atoms with van der Waals surface area (Å²) >= 11 is 3.57. The van der Waals surface area contributed by atoms with Crippen LogP contribution in [0.2, 0.25) is 0 Å². The Bertz CT molecular complexity index is 368. The van der Waals surface area contributed by atoms with Crippen LogP contribution in [0.25, 0.3) is 0 Å². The van der Waals surface area contributed by atoms with E-state index in [-0.39, 0.29) is 12.1 Å². The molecule has 2 unspecified atom stereocenters. The van der Waals surface area contributed by atoms with Crippen LogP contribution in [0.3, 0.4) is 0 Å². The molecule has 1 aliphatic rings. The standard InChI is InChI=1S/C13H19BrN2O/c1-17-13(9-6-7-9)12(16-15)8-10-4-2-3-5-11(10)14/h2-5,9,12-13,16H,6-8,15H2,1H3. The van der Waals surface area contributed by atoms with E-state index < -0.39 is 0 Å². The summed E-state index contributed by atoms with van der Waals surface area (Å²) in [5, 5.41) is 0. The fraction of sp³-hybridized carbons (Fsp3) is 0.538. The van der Waals surface area contributed by atoms with Crippen LogP contribution in [-0.2, 0) is 11.2 Å². The van der Waals surface area contributed by atoms with Crippen LogP contribution >= 0.6 is 15.9 Å². The molecule has 0 spiro atoms. The van der Waals surface area contributed by atoms with Crippen LogP contribution < -0.4 is 11.3 Å². The molecule has 1 aromatic carbocycles. The van der Waals surface area contributed by atoms with E-state index >= 15 is 0 Å². The van der Waals surface area contributed by atoms with Gasteiger partial charge in [-0.15, -0.1) is 0 Å². The highest BCUT2D eigenvalue weighted by Gasteiger charge is 2.36. The molecule has 2 rings (SSSR count). The number of hydrazine groups is 1. The number of benzene rings is 1. The number of ether oxygens (including phenoxy) is 1. The minimum absolute atomic E-state index is 0.172. The van der Waals surface area contributed by atoms with Crippen molar-refractivity contribution in [2.24, 2.45) is 11.8 Å². The van der Waals surface area contributed by atoms with Gasteiger partial charge < -0.3 is 4.74 Å². The molecule has 4 heteroatoms. The van der Waals surface area contributed by atoms with Gasteiger partial charge in [0.25, 0.3) is 0 Å². The number of hydrogen-bond acceptors (Lipinski definition) is 3. The molecule has 1 aromatic rings. The van der Waals surface area contributed by atoms with Crippen LogP contribution in [0.5, 0.6) is 0 Å². The van der Waals surface area contributed by atoms with Gasteiger partial charge in [-0.3, -0.25) is 11.3 Å². The second-order valence-corrected chi connectivity index (χ2v) is 5.46. The van der Waals surface area contributed by atoms with Crippen molar-refractivity contribution in [1.29, 1.82) is 0 Å². The Morgan fingerprint density at radius 2 is 2.18 bits per heavy atom. The van der Waals surface area contributed by atoms with E-state index in [9.17, 15) is 0 Å². The minimum Gasteiger partial charge on any atom is -0.379 e. The lowest BCUT2D eigenvalue weighted by atomic mass is 9.99. The van der Waals surface area contributed by atoms with E-state index in [1.807, 2.05) is 12.1 Å². The molecular formula is C13H19BrN2O. The third kappa shape index (κ3) is 3.28. The van der Waals surface area contributed by atoms with E-state index in [1.54, 1.807) is 7.11 Å². The van der Waals surface area contributed by atoms with Crippen LogP contribution in [0.15, 0.2) is 28.7 Å². The first-order chi connectivity index (χ1) is 8.26. The van der Waals surface area contributed by atoms with Gasteiger partial charge in [0.05, 0.1) is 12.1 Å². The first-order valence-corrected chi connectivity index (χ1v) is 6.78. The molecule has 17 heavy (non-hydrogen) atoms. The van der Waals surface area contributed by atoms with Crippen LogP contribution in [-0.4, -0.2) is 19.3 Å². The fourth-order valence-corrected chi connectivity index (χ4v) is 2.73. The average Bonchev–Trinajstić information content (AvgIpc) is 3.15. The molecule has 3 nitrogen and oxygen atoms in total. The van der Waals surface area contributed by atoms with E-state index in [4.69, 9.17) is 10.6 Å². The van der Waals surface area contributed by atoms with E-state index in [0.29, 0.717) is 5.92 Å². The lowest BCUT2D eigenvalue weighted by Gasteiger charge is -2.25. The predicted octanol–water partition coefficient (Wildman–Crippen LogP) is 2.25. The number of halogens is 1. The lowest BCUT2D eigenvalue weighted by Crippen LogP contribution is -2.47. The van der Waals surface area contributed by atoms with Gasteiger partial charge in [0.1, 0.15) is 0 Å². The maximum Gasteiger partial charge on any atom is 0.0769 e. The predicted molar refractivity (Wildman–Crippen MR) is 72.5 cm³/mol. The highest BCUT2D eigenvalue weighted by Crippen LogP contribution is 2.36. The zero-order valence-corrected chi connectivity index (χ0v) is 11.6. The Hall–Kier alpha value is -0.420. The van der Waals surface area contributed by atoms with Gasteiger partial charge in [0, 0.05) is 11.6 Å². The van der Waals surface area contributed by atoms with Crippen molar-refractivity contribution < 1.29 is 4.74 Å². The number of rotatable bonds is 6. The summed E-state index contributed by atoms with van der Waals surface area (Å²) in [5.74, 6) is 6.34. The summed E-state index contributed by atoms with van der Waals surface area (Å²) in [5.41, 5.74) is 4.17. The molecule has 0 aromatic heterocycles. The summed E-state index contributed by atoms with van der Waals surface area (Å²) in [6.45, 7) is 0. The van der Waals surface area contributed by atoms with Gasteiger partial charge in [0.2, 0.25) is 0 Å². The Labute approximate surface area is 111 Å². The Morgan fingerprint density at radius 1 is 1.47 bits per heavy atom. The number of methoxy groups -OCH3 is 1. The summed E-state index contributed by atoms with van der Waals surface area (Å²) in [6.07, 6.45) is 3.61. The largest absolute Gasteiger partial charge is 0.379 e. The Kier molecular flexibility index (Phi) is 4.56. The monoisotopic (exact) mass is 298 g/mol. The molecule has 0 radical (unpaired) electrons. The third-order valence-electron chi connectivity index (χ3n) is 3.37. The first kappa shape index (κ1) is 13.0. The smallest absolute Gasteiger partial charge is 0.0769 e. The van der Waals surface area contributed by atoms with Gasteiger partial charge in [-0.1, -0.05) is 34.1 Å². The van der Waals surface area contributed by atoms with Gasteiger partial charge in [-0.2, -0.15) is 0 Å². The van der Waals surface area contributed by atoms with Crippen molar-refractivity contribution >= 4 is 15.9 Å². The first-order valence-electron chi connectivity index (χ1n) is 5.98. The molecule has 1 aliphatic carbocycles. The highest BCUT2D eigenvalue weighted by molar-refractivity contribution is 9.10. The molecule has 0 bridgehead atoms. The molecule has 94 valence electrons. The second kappa shape index (κ2) is 5.96. The number of nitrogens with one attached hydrogen (secondary N) is 1. The number of hydrogen-bond donors (Lipinski definition) is 2. The Balaban J connectivity index is 2.06.